The first-order chi connectivity index (χ1) is 6.16. The number of fused-ring (bicyclic) bond motifs is 1. The van der Waals surface area contributed by atoms with E-state index in [1.807, 2.05) is 0 Å². The summed E-state index contributed by atoms with van der Waals surface area (Å²) in [5, 5.41) is 8.62. The first kappa shape index (κ1) is 7.93. The van der Waals surface area contributed by atoms with Crippen LogP contribution in [0.5, 0.6) is 0 Å². The van der Waals surface area contributed by atoms with Gasteiger partial charge in [-0.05, 0) is 24.4 Å². The number of hydrogen-bond donors (Lipinski definition) is 2. The molecule has 0 unspecified atom stereocenters. The third kappa shape index (κ3) is 1.31. The molecule has 2 aromatic heterocycles. The van der Waals surface area contributed by atoms with E-state index < -0.39 is 5.97 Å². The zero-order valence-corrected chi connectivity index (χ0v) is 7.09. The fourth-order valence-electron chi connectivity index (χ4n) is 0.959. The number of aromatic carboxylic acids is 1. The van der Waals surface area contributed by atoms with Gasteiger partial charge in [-0.3, -0.25) is 4.98 Å². The Morgan fingerprint density at radius 2 is 2.38 bits per heavy atom. The smallest absolute Gasteiger partial charge is 0.354 e. The van der Waals surface area contributed by atoms with Crippen molar-refractivity contribution in [1.82, 2.24) is 9.97 Å². The quantitative estimate of drug-likeness (QED) is 0.677. The molecule has 2 rings (SSSR count). The van der Waals surface area contributed by atoms with Crippen LogP contribution in [0.15, 0.2) is 16.5 Å². The summed E-state index contributed by atoms with van der Waals surface area (Å²) in [6, 6.07) is 2.87. The van der Waals surface area contributed by atoms with E-state index in [2.05, 4.69) is 9.97 Å². The van der Waals surface area contributed by atoms with Gasteiger partial charge in [0.05, 0.1) is 0 Å². The van der Waals surface area contributed by atoms with Crippen LogP contribution in [-0.4, -0.2) is 21.0 Å². The maximum absolute atomic E-state index is 10.5. The van der Waals surface area contributed by atoms with E-state index in [4.69, 9.17) is 21.7 Å². The monoisotopic (exact) mass is 196 g/mol. The third-order valence-electron chi connectivity index (χ3n) is 1.50. The van der Waals surface area contributed by atoms with Crippen LogP contribution in [-0.2, 0) is 0 Å². The lowest BCUT2D eigenvalue weighted by molar-refractivity contribution is 0.0691. The minimum atomic E-state index is -1.08. The molecule has 0 spiro atoms. The number of carboxylic acid groups (broad SMARTS) is 1. The second-order valence-corrected chi connectivity index (χ2v) is 2.73. The van der Waals surface area contributed by atoms with Gasteiger partial charge >= 0.3 is 5.97 Å². The normalized spacial score (nSPS) is 10.5. The lowest BCUT2D eigenvalue weighted by Gasteiger charge is -1.90. The fourth-order valence-corrected chi connectivity index (χ4v) is 1.15. The highest BCUT2D eigenvalue weighted by atomic mass is 32.1. The molecule has 66 valence electrons. The average molecular weight is 196 g/mol. The molecular weight excluding hydrogens is 192 g/mol. The number of pyridine rings is 1. The molecule has 0 saturated carbocycles. The molecule has 0 aromatic carbocycles. The summed E-state index contributed by atoms with van der Waals surface area (Å²) in [4.78, 5) is 17.1. The maximum Gasteiger partial charge on any atom is 0.354 e. The number of hydrogen-bond acceptors (Lipinski definition) is 4. The molecule has 5 nitrogen and oxygen atoms in total. The van der Waals surface area contributed by atoms with Crippen molar-refractivity contribution in [2.24, 2.45) is 0 Å². The van der Waals surface area contributed by atoms with Gasteiger partial charge in [0.1, 0.15) is 0 Å². The molecule has 0 aliphatic heterocycles. The number of nitrogens with one attached hydrogen (secondary N) is 1. The first-order valence-corrected chi connectivity index (χ1v) is 3.81. The number of aromatic nitrogens is 2. The summed E-state index contributed by atoms with van der Waals surface area (Å²) < 4.78 is 5.01. The summed E-state index contributed by atoms with van der Waals surface area (Å²) in [7, 11) is 0. The van der Waals surface area contributed by atoms with Crippen LogP contribution >= 0.6 is 12.2 Å². The van der Waals surface area contributed by atoms with Crippen LogP contribution in [0.25, 0.3) is 11.2 Å². The number of carbonyl (C=O) groups is 1. The Balaban J connectivity index is 2.74. The van der Waals surface area contributed by atoms with Crippen molar-refractivity contribution < 1.29 is 14.3 Å². The minimum Gasteiger partial charge on any atom is -0.477 e. The Bertz CT molecular complexity index is 528. The number of aromatic amines is 1. The van der Waals surface area contributed by atoms with Crippen molar-refractivity contribution in [1.29, 1.82) is 0 Å². The molecule has 2 N–H and O–H groups in total. The molecule has 0 atom stereocenters. The number of rotatable bonds is 1. The van der Waals surface area contributed by atoms with E-state index in [1.165, 1.54) is 12.1 Å². The van der Waals surface area contributed by atoms with Crippen molar-refractivity contribution in [3.8, 4) is 0 Å². The molecule has 0 radical (unpaired) electrons. The molecule has 0 aliphatic carbocycles. The van der Waals surface area contributed by atoms with Crippen LogP contribution < -0.4 is 0 Å². The number of H-pyrrole nitrogens is 1. The largest absolute Gasteiger partial charge is 0.477 e. The highest BCUT2D eigenvalue weighted by Gasteiger charge is 2.07. The van der Waals surface area contributed by atoms with Crippen LogP contribution in [0.4, 0.5) is 0 Å². The Morgan fingerprint density at radius 3 is 3.08 bits per heavy atom. The lowest BCUT2D eigenvalue weighted by Crippen LogP contribution is -1.99. The molecule has 0 bridgehead atoms. The van der Waals surface area contributed by atoms with Gasteiger partial charge in [-0.1, -0.05) is 0 Å². The topological polar surface area (TPSA) is 79.1 Å². The highest BCUT2D eigenvalue weighted by molar-refractivity contribution is 7.71. The summed E-state index contributed by atoms with van der Waals surface area (Å²) in [6.45, 7) is 0. The Hall–Kier alpha value is -1.69. The maximum atomic E-state index is 10.5. The van der Waals surface area contributed by atoms with Gasteiger partial charge in [0, 0.05) is 0 Å². The number of nitrogens with zero attached hydrogens (tertiary/aromatic N) is 1. The predicted molar refractivity (Wildman–Crippen MR) is 46.2 cm³/mol. The van der Waals surface area contributed by atoms with E-state index in [0.29, 0.717) is 11.2 Å². The zero-order valence-electron chi connectivity index (χ0n) is 6.27. The molecule has 0 saturated heterocycles. The Labute approximate surface area is 77.0 Å². The highest BCUT2D eigenvalue weighted by Crippen LogP contribution is 2.11. The summed E-state index contributed by atoms with van der Waals surface area (Å²) >= 11 is 4.71. The Kier molecular flexibility index (Phi) is 1.63. The summed E-state index contributed by atoms with van der Waals surface area (Å²) in [5.41, 5.74) is 0.763. The van der Waals surface area contributed by atoms with Crippen molar-refractivity contribution in [3.05, 3.63) is 22.7 Å². The van der Waals surface area contributed by atoms with Crippen LogP contribution in [0.3, 0.4) is 0 Å². The van der Waals surface area contributed by atoms with Crippen LogP contribution in [0, 0.1) is 4.84 Å². The van der Waals surface area contributed by atoms with E-state index >= 15 is 0 Å². The molecule has 6 heteroatoms. The number of carboxylic acids is 1. The van der Waals surface area contributed by atoms with Gasteiger partial charge in [-0.15, -0.1) is 0 Å². The van der Waals surface area contributed by atoms with Gasteiger partial charge in [0.15, 0.2) is 16.9 Å². The second-order valence-electron chi connectivity index (χ2n) is 2.36. The second kappa shape index (κ2) is 2.67. The zero-order chi connectivity index (χ0) is 9.42. The molecule has 0 aliphatic rings. The van der Waals surface area contributed by atoms with Gasteiger partial charge in [-0.2, -0.15) is 0 Å². The van der Waals surface area contributed by atoms with Crippen molar-refractivity contribution in [3.63, 3.8) is 0 Å². The van der Waals surface area contributed by atoms with Crippen molar-refractivity contribution in [2.75, 3.05) is 0 Å². The van der Waals surface area contributed by atoms with Crippen LogP contribution in [0.2, 0.25) is 0 Å². The van der Waals surface area contributed by atoms with E-state index in [9.17, 15) is 4.79 Å². The minimum absolute atomic E-state index is 0.0421. The van der Waals surface area contributed by atoms with E-state index in [0.717, 1.165) is 0 Å². The molecule has 2 heterocycles. The molecule has 0 fully saturated rings. The standard InChI is InChI=1S/C7H4N2O3S/c10-6(11)3-1-2-4-5(8-3)9-7(13)12-4/h1-2H,(H,10,11)(H,8,9,13). The summed E-state index contributed by atoms with van der Waals surface area (Å²) in [5.74, 6) is -1.08. The predicted octanol–water partition coefficient (Wildman–Crippen LogP) is 1.58. The SMILES string of the molecule is O=C(O)c1ccc2oc(=S)[nH]c2n1. The summed E-state index contributed by atoms with van der Waals surface area (Å²) in [6.07, 6.45) is 0. The Morgan fingerprint density at radius 1 is 1.62 bits per heavy atom. The van der Waals surface area contributed by atoms with Gasteiger partial charge in [0.2, 0.25) is 0 Å². The van der Waals surface area contributed by atoms with Crippen molar-refractivity contribution >= 4 is 29.4 Å². The average Bonchev–Trinajstić information content (AvgIpc) is 2.42. The molecular formula is C7H4N2O3S. The number of oxazole rings is 1. The first-order valence-electron chi connectivity index (χ1n) is 3.40. The lowest BCUT2D eigenvalue weighted by atomic mass is 10.3. The molecule has 2 aromatic rings. The van der Waals surface area contributed by atoms with Gasteiger partial charge in [0.25, 0.3) is 4.84 Å². The molecule has 13 heavy (non-hydrogen) atoms. The van der Waals surface area contributed by atoms with E-state index in [1.54, 1.807) is 0 Å². The van der Waals surface area contributed by atoms with Crippen LogP contribution in [0.1, 0.15) is 10.5 Å². The van der Waals surface area contributed by atoms with Crippen molar-refractivity contribution in [2.45, 2.75) is 0 Å². The van der Waals surface area contributed by atoms with Gasteiger partial charge in [-0.25, -0.2) is 9.78 Å². The fraction of sp³-hybridized carbons (Fsp3) is 0. The van der Waals surface area contributed by atoms with Gasteiger partial charge < -0.3 is 9.52 Å². The van der Waals surface area contributed by atoms with E-state index in [-0.39, 0.29) is 10.5 Å². The third-order valence-corrected chi connectivity index (χ3v) is 1.69. The molecule has 0 amide bonds.